The lowest BCUT2D eigenvalue weighted by Gasteiger charge is -2.32. The Labute approximate surface area is 81.5 Å². The van der Waals surface area contributed by atoms with E-state index in [0.717, 1.165) is 12.8 Å². The van der Waals surface area contributed by atoms with Crippen LogP contribution in [-0.2, 0) is 0 Å². The molecule has 3 N–H and O–H groups in total. The third-order valence-electron chi connectivity index (χ3n) is 2.13. The fraction of sp³-hybridized carbons (Fsp3) is 0.500. The van der Waals surface area contributed by atoms with Gasteiger partial charge in [0, 0.05) is 12.1 Å². The second-order valence-corrected chi connectivity index (χ2v) is 3.73. The SMILES string of the molecule is NC1CC(Nc2ncc(Cl)cn2)C1. The van der Waals surface area contributed by atoms with Crippen molar-refractivity contribution < 1.29 is 0 Å². The van der Waals surface area contributed by atoms with Gasteiger partial charge in [0.05, 0.1) is 17.4 Å². The van der Waals surface area contributed by atoms with E-state index in [0.29, 0.717) is 23.1 Å². The number of nitrogens with two attached hydrogens (primary N) is 1. The predicted molar refractivity (Wildman–Crippen MR) is 51.7 cm³/mol. The van der Waals surface area contributed by atoms with Gasteiger partial charge in [-0.3, -0.25) is 0 Å². The molecule has 1 saturated carbocycles. The lowest BCUT2D eigenvalue weighted by atomic mass is 9.88. The van der Waals surface area contributed by atoms with Crippen LogP contribution in [0.5, 0.6) is 0 Å². The minimum atomic E-state index is 0.338. The highest BCUT2D eigenvalue weighted by molar-refractivity contribution is 6.30. The molecule has 1 fully saturated rings. The van der Waals surface area contributed by atoms with Crippen LogP contribution < -0.4 is 11.1 Å². The molecule has 0 atom stereocenters. The number of hydrogen-bond donors (Lipinski definition) is 2. The van der Waals surface area contributed by atoms with Crippen molar-refractivity contribution in [3.63, 3.8) is 0 Å². The lowest BCUT2D eigenvalue weighted by Crippen LogP contribution is -2.44. The molecule has 0 amide bonds. The second kappa shape index (κ2) is 3.47. The molecule has 0 aliphatic heterocycles. The van der Waals surface area contributed by atoms with E-state index in [2.05, 4.69) is 15.3 Å². The van der Waals surface area contributed by atoms with Crippen LogP contribution in [0.25, 0.3) is 0 Å². The van der Waals surface area contributed by atoms with Crippen molar-refractivity contribution in [3.05, 3.63) is 17.4 Å². The normalized spacial score (nSPS) is 26.6. The highest BCUT2D eigenvalue weighted by atomic mass is 35.5. The van der Waals surface area contributed by atoms with Gasteiger partial charge in [0.2, 0.25) is 5.95 Å². The van der Waals surface area contributed by atoms with Gasteiger partial charge in [-0.1, -0.05) is 11.6 Å². The van der Waals surface area contributed by atoms with Crippen molar-refractivity contribution in [1.82, 2.24) is 9.97 Å². The summed E-state index contributed by atoms with van der Waals surface area (Å²) >= 11 is 5.65. The molecule has 0 aromatic carbocycles. The molecule has 0 saturated heterocycles. The highest BCUT2D eigenvalue weighted by Crippen LogP contribution is 2.20. The molecule has 0 spiro atoms. The van der Waals surface area contributed by atoms with Gasteiger partial charge in [-0.15, -0.1) is 0 Å². The molecule has 0 radical (unpaired) electrons. The Bertz CT molecular complexity index is 281. The van der Waals surface area contributed by atoms with Gasteiger partial charge < -0.3 is 11.1 Å². The molecule has 1 heterocycles. The number of rotatable bonds is 2. The van der Waals surface area contributed by atoms with Crippen LogP contribution >= 0.6 is 11.6 Å². The molecule has 13 heavy (non-hydrogen) atoms. The molecule has 1 aromatic rings. The van der Waals surface area contributed by atoms with E-state index in [1.54, 1.807) is 12.4 Å². The molecule has 4 nitrogen and oxygen atoms in total. The van der Waals surface area contributed by atoms with E-state index < -0.39 is 0 Å². The Morgan fingerprint density at radius 2 is 2.00 bits per heavy atom. The summed E-state index contributed by atoms with van der Waals surface area (Å²) in [6, 6.07) is 0.765. The van der Waals surface area contributed by atoms with Gasteiger partial charge in [0.25, 0.3) is 0 Å². The molecule has 0 unspecified atom stereocenters. The largest absolute Gasteiger partial charge is 0.351 e. The summed E-state index contributed by atoms with van der Waals surface area (Å²) in [7, 11) is 0. The van der Waals surface area contributed by atoms with Gasteiger partial charge in [-0.25, -0.2) is 9.97 Å². The average molecular weight is 199 g/mol. The first-order valence-electron chi connectivity index (χ1n) is 4.23. The number of nitrogens with one attached hydrogen (secondary N) is 1. The van der Waals surface area contributed by atoms with Gasteiger partial charge in [0.1, 0.15) is 0 Å². The summed E-state index contributed by atoms with van der Waals surface area (Å²) in [5.74, 6) is 0.626. The Hall–Kier alpha value is -0.870. The number of aromatic nitrogens is 2. The fourth-order valence-corrected chi connectivity index (χ4v) is 1.45. The van der Waals surface area contributed by atoms with Gasteiger partial charge in [-0.2, -0.15) is 0 Å². The monoisotopic (exact) mass is 198 g/mol. The van der Waals surface area contributed by atoms with E-state index in [4.69, 9.17) is 17.3 Å². The first-order valence-corrected chi connectivity index (χ1v) is 4.61. The van der Waals surface area contributed by atoms with Gasteiger partial charge in [-0.05, 0) is 12.8 Å². The smallest absolute Gasteiger partial charge is 0.222 e. The third-order valence-corrected chi connectivity index (χ3v) is 2.32. The summed E-state index contributed by atoms with van der Waals surface area (Å²) in [5, 5.41) is 3.73. The maximum atomic E-state index is 5.65. The van der Waals surface area contributed by atoms with Crippen LogP contribution in [-0.4, -0.2) is 22.1 Å². The van der Waals surface area contributed by atoms with Gasteiger partial charge in [0.15, 0.2) is 0 Å². The molecule has 1 aromatic heterocycles. The average Bonchev–Trinajstić information content (AvgIpc) is 2.06. The van der Waals surface area contributed by atoms with E-state index in [9.17, 15) is 0 Å². The quantitative estimate of drug-likeness (QED) is 0.745. The summed E-state index contributed by atoms with van der Waals surface area (Å²) in [4.78, 5) is 8.06. The van der Waals surface area contributed by atoms with Crippen molar-refractivity contribution in [2.24, 2.45) is 5.73 Å². The van der Waals surface area contributed by atoms with Crippen LogP contribution in [0.3, 0.4) is 0 Å². The first kappa shape index (κ1) is 8.72. The van der Waals surface area contributed by atoms with Crippen LogP contribution in [0.1, 0.15) is 12.8 Å². The number of hydrogen-bond acceptors (Lipinski definition) is 4. The summed E-state index contributed by atoms with van der Waals surface area (Å²) in [5.41, 5.74) is 5.64. The third kappa shape index (κ3) is 2.08. The Kier molecular flexibility index (Phi) is 2.33. The zero-order chi connectivity index (χ0) is 9.26. The van der Waals surface area contributed by atoms with E-state index in [1.165, 1.54) is 0 Å². The summed E-state index contributed by atoms with van der Waals surface area (Å²) in [6.07, 6.45) is 5.14. The molecule has 1 aliphatic carbocycles. The van der Waals surface area contributed by atoms with Gasteiger partial charge >= 0.3 is 0 Å². The minimum Gasteiger partial charge on any atom is -0.351 e. The maximum Gasteiger partial charge on any atom is 0.222 e. The van der Waals surface area contributed by atoms with Crippen molar-refractivity contribution in [2.75, 3.05) is 5.32 Å². The van der Waals surface area contributed by atoms with Crippen LogP contribution in [0.4, 0.5) is 5.95 Å². The zero-order valence-electron chi connectivity index (χ0n) is 7.07. The topological polar surface area (TPSA) is 63.8 Å². The predicted octanol–water partition coefficient (Wildman–Crippen LogP) is 1.03. The molecule has 70 valence electrons. The Morgan fingerprint density at radius 1 is 1.38 bits per heavy atom. The molecular formula is C8H11ClN4. The van der Waals surface area contributed by atoms with Crippen molar-refractivity contribution in [3.8, 4) is 0 Å². The molecule has 0 bridgehead atoms. The number of halogens is 1. The fourth-order valence-electron chi connectivity index (χ4n) is 1.35. The van der Waals surface area contributed by atoms with E-state index in [-0.39, 0.29) is 0 Å². The Morgan fingerprint density at radius 3 is 2.54 bits per heavy atom. The van der Waals surface area contributed by atoms with Crippen LogP contribution in [0.2, 0.25) is 5.02 Å². The second-order valence-electron chi connectivity index (χ2n) is 3.30. The summed E-state index contributed by atoms with van der Waals surface area (Å²) in [6.45, 7) is 0. The van der Waals surface area contributed by atoms with Crippen molar-refractivity contribution >= 4 is 17.5 Å². The maximum absolute atomic E-state index is 5.65. The minimum absolute atomic E-state index is 0.338. The zero-order valence-corrected chi connectivity index (χ0v) is 7.83. The first-order chi connectivity index (χ1) is 6.24. The van der Waals surface area contributed by atoms with Crippen molar-refractivity contribution in [2.45, 2.75) is 24.9 Å². The molecule has 1 aliphatic rings. The van der Waals surface area contributed by atoms with E-state index >= 15 is 0 Å². The number of nitrogens with zero attached hydrogens (tertiary/aromatic N) is 2. The Balaban J connectivity index is 1.91. The molecule has 5 heteroatoms. The highest BCUT2D eigenvalue weighted by Gasteiger charge is 2.25. The summed E-state index contributed by atoms with van der Waals surface area (Å²) < 4.78 is 0. The number of anilines is 1. The molecule has 2 rings (SSSR count). The van der Waals surface area contributed by atoms with Crippen molar-refractivity contribution in [1.29, 1.82) is 0 Å². The molecular weight excluding hydrogens is 188 g/mol. The lowest BCUT2D eigenvalue weighted by molar-refractivity contribution is 0.372. The van der Waals surface area contributed by atoms with Crippen LogP contribution in [0, 0.1) is 0 Å². The van der Waals surface area contributed by atoms with E-state index in [1.807, 2.05) is 0 Å². The van der Waals surface area contributed by atoms with Crippen LogP contribution in [0.15, 0.2) is 12.4 Å². The standard InChI is InChI=1S/C8H11ClN4/c9-5-3-11-8(12-4-5)13-7-1-6(10)2-7/h3-4,6-7H,1-2,10H2,(H,11,12,13).